The third-order valence-electron chi connectivity index (χ3n) is 5.66. The van der Waals surface area contributed by atoms with E-state index in [2.05, 4.69) is 42.0 Å². The number of carbonyl (C=O) groups is 2. The third kappa shape index (κ3) is 7.31. The molecule has 1 saturated carbocycles. The van der Waals surface area contributed by atoms with Crippen molar-refractivity contribution in [1.29, 1.82) is 0 Å². The minimum absolute atomic E-state index is 0.00261. The summed E-state index contributed by atoms with van der Waals surface area (Å²) in [5.74, 6) is 0. The zero-order valence-electron chi connectivity index (χ0n) is 18.6. The molecular formula is C24H30Cl2N4O2. The third-order valence-corrected chi connectivity index (χ3v) is 6.16. The molecule has 0 unspecified atom stereocenters. The molecule has 0 saturated heterocycles. The number of hydrogen-bond donors (Lipinski definition) is 4. The van der Waals surface area contributed by atoms with E-state index < -0.39 is 0 Å². The van der Waals surface area contributed by atoms with Gasteiger partial charge in [-0.2, -0.15) is 0 Å². The van der Waals surface area contributed by atoms with E-state index in [1.54, 1.807) is 48.5 Å². The Morgan fingerprint density at radius 2 is 1.34 bits per heavy atom. The van der Waals surface area contributed by atoms with Crippen molar-refractivity contribution in [3.05, 3.63) is 58.6 Å². The van der Waals surface area contributed by atoms with Crippen LogP contribution in [0.5, 0.6) is 0 Å². The Morgan fingerprint density at radius 1 is 0.844 bits per heavy atom. The highest BCUT2D eigenvalue weighted by molar-refractivity contribution is 6.30. The Bertz CT molecular complexity index is 947. The second-order valence-electron chi connectivity index (χ2n) is 9.68. The summed E-state index contributed by atoms with van der Waals surface area (Å²) in [5.41, 5.74) is 1.24. The summed E-state index contributed by atoms with van der Waals surface area (Å²) >= 11 is 11.8. The molecule has 8 heteroatoms. The Balaban J connectivity index is 1.55. The van der Waals surface area contributed by atoms with Crippen molar-refractivity contribution in [2.45, 2.75) is 46.1 Å². The minimum atomic E-state index is -0.262. The van der Waals surface area contributed by atoms with Gasteiger partial charge in [-0.05, 0) is 78.6 Å². The number of carbonyl (C=O) groups excluding carboxylic acids is 2. The molecule has 0 spiro atoms. The van der Waals surface area contributed by atoms with Gasteiger partial charge in [0.1, 0.15) is 0 Å². The van der Waals surface area contributed by atoms with Crippen LogP contribution in [0.25, 0.3) is 0 Å². The Kier molecular flexibility index (Phi) is 7.57. The number of hydrogen-bond acceptors (Lipinski definition) is 2. The smallest absolute Gasteiger partial charge is 0.319 e. The summed E-state index contributed by atoms with van der Waals surface area (Å²) in [5, 5.41) is 13.0. The number of nitrogens with one attached hydrogen (secondary N) is 4. The first-order valence-electron chi connectivity index (χ1n) is 10.7. The van der Waals surface area contributed by atoms with Gasteiger partial charge in [-0.15, -0.1) is 0 Å². The van der Waals surface area contributed by atoms with Crippen molar-refractivity contribution < 1.29 is 9.59 Å². The molecule has 0 heterocycles. The van der Waals surface area contributed by atoms with Crippen molar-refractivity contribution in [3.8, 4) is 0 Å². The predicted molar refractivity (Wildman–Crippen MR) is 132 cm³/mol. The Hall–Kier alpha value is -2.44. The molecule has 0 aliphatic heterocycles. The molecule has 32 heavy (non-hydrogen) atoms. The van der Waals surface area contributed by atoms with Crippen LogP contribution in [0.4, 0.5) is 21.0 Å². The maximum atomic E-state index is 12.5. The summed E-state index contributed by atoms with van der Waals surface area (Å²) in [6.07, 6.45) is 2.58. The molecule has 1 aliphatic carbocycles. The normalized spacial score (nSPS) is 22.0. The van der Waals surface area contributed by atoms with E-state index in [1.165, 1.54) is 0 Å². The van der Waals surface area contributed by atoms with E-state index in [-0.39, 0.29) is 28.9 Å². The van der Waals surface area contributed by atoms with Crippen LogP contribution in [0.3, 0.4) is 0 Å². The number of urea groups is 2. The van der Waals surface area contributed by atoms with Crippen molar-refractivity contribution in [3.63, 3.8) is 0 Å². The second-order valence-corrected chi connectivity index (χ2v) is 10.5. The van der Waals surface area contributed by atoms with Crippen molar-refractivity contribution in [1.82, 2.24) is 10.6 Å². The molecule has 172 valence electrons. The fourth-order valence-corrected chi connectivity index (χ4v) is 5.01. The number of anilines is 2. The van der Waals surface area contributed by atoms with Gasteiger partial charge in [-0.1, -0.05) is 44.0 Å². The molecule has 0 radical (unpaired) electrons. The summed E-state index contributed by atoms with van der Waals surface area (Å²) in [7, 11) is 0. The molecule has 3 rings (SSSR count). The molecule has 1 fully saturated rings. The first-order valence-corrected chi connectivity index (χ1v) is 11.4. The van der Waals surface area contributed by atoms with E-state index in [0.29, 0.717) is 28.0 Å². The zero-order valence-corrected chi connectivity index (χ0v) is 20.1. The van der Waals surface area contributed by atoms with E-state index >= 15 is 0 Å². The van der Waals surface area contributed by atoms with E-state index in [0.717, 1.165) is 19.3 Å². The van der Waals surface area contributed by atoms with Crippen LogP contribution >= 0.6 is 23.2 Å². The molecule has 0 bridgehead atoms. The van der Waals surface area contributed by atoms with Crippen LogP contribution in [0, 0.1) is 10.8 Å². The lowest BCUT2D eigenvalue weighted by Crippen LogP contribution is -2.51. The zero-order chi connectivity index (χ0) is 23.4. The molecule has 0 aromatic heterocycles. The summed E-state index contributed by atoms with van der Waals surface area (Å²) in [6, 6.07) is 13.5. The maximum absolute atomic E-state index is 12.5. The van der Waals surface area contributed by atoms with Crippen molar-refractivity contribution in [2.24, 2.45) is 10.8 Å². The fourth-order valence-electron chi connectivity index (χ4n) is 4.76. The largest absolute Gasteiger partial charge is 0.337 e. The number of halogens is 2. The Labute approximate surface area is 199 Å². The van der Waals surface area contributed by atoms with Gasteiger partial charge in [0.15, 0.2) is 0 Å². The van der Waals surface area contributed by atoms with Gasteiger partial charge in [-0.25, -0.2) is 9.59 Å². The van der Waals surface area contributed by atoms with Gasteiger partial charge >= 0.3 is 12.1 Å². The van der Waals surface area contributed by atoms with Crippen molar-refractivity contribution in [2.75, 3.05) is 17.2 Å². The molecule has 2 aromatic rings. The topological polar surface area (TPSA) is 82.3 Å². The quantitative estimate of drug-likeness (QED) is 0.395. The molecule has 2 aromatic carbocycles. The van der Waals surface area contributed by atoms with Gasteiger partial charge in [-0.3, -0.25) is 0 Å². The first kappa shape index (κ1) is 24.2. The predicted octanol–water partition coefficient (Wildman–Crippen LogP) is 6.52. The second kappa shape index (κ2) is 10.0. The lowest BCUT2D eigenvalue weighted by Gasteiger charge is -2.46. The van der Waals surface area contributed by atoms with Crippen LogP contribution in [0.2, 0.25) is 10.0 Å². The number of amides is 4. The highest BCUT2D eigenvalue weighted by atomic mass is 35.5. The molecule has 6 nitrogen and oxygen atoms in total. The molecule has 1 aliphatic rings. The van der Waals surface area contributed by atoms with Gasteiger partial charge in [0.2, 0.25) is 0 Å². The van der Waals surface area contributed by atoms with Crippen LogP contribution in [-0.2, 0) is 0 Å². The van der Waals surface area contributed by atoms with Crippen molar-refractivity contribution >= 4 is 46.6 Å². The SMILES string of the molecule is CC1(C)C[C@H](NC(=O)Nc2ccc(Cl)cc2)C[C@@](C)(CNC(=O)Nc2ccc(Cl)cc2)C1. The highest BCUT2D eigenvalue weighted by Crippen LogP contribution is 2.45. The minimum Gasteiger partial charge on any atom is -0.337 e. The lowest BCUT2D eigenvalue weighted by molar-refractivity contribution is 0.0761. The molecule has 2 atom stereocenters. The summed E-state index contributed by atoms with van der Waals surface area (Å²) in [4.78, 5) is 24.9. The van der Waals surface area contributed by atoms with Crippen LogP contribution in [0.1, 0.15) is 40.0 Å². The molecule has 4 amide bonds. The number of rotatable bonds is 5. The maximum Gasteiger partial charge on any atom is 0.319 e. The first-order chi connectivity index (χ1) is 15.0. The summed E-state index contributed by atoms with van der Waals surface area (Å²) in [6.45, 7) is 7.06. The monoisotopic (exact) mass is 476 g/mol. The van der Waals surface area contributed by atoms with Gasteiger partial charge in [0.25, 0.3) is 0 Å². The van der Waals surface area contributed by atoms with Gasteiger partial charge in [0.05, 0.1) is 0 Å². The average Bonchev–Trinajstić information content (AvgIpc) is 2.68. The van der Waals surface area contributed by atoms with Crippen LogP contribution < -0.4 is 21.3 Å². The van der Waals surface area contributed by atoms with Crippen LogP contribution in [-0.4, -0.2) is 24.6 Å². The van der Waals surface area contributed by atoms with Crippen LogP contribution in [0.15, 0.2) is 48.5 Å². The molecule has 4 N–H and O–H groups in total. The van der Waals surface area contributed by atoms with Gasteiger partial charge < -0.3 is 21.3 Å². The number of benzene rings is 2. The van der Waals surface area contributed by atoms with Gasteiger partial charge in [0, 0.05) is 34.0 Å². The molecular weight excluding hydrogens is 447 g/mol. The van der Waals surface area contributed by atoms with E-state index in [9.17, 15) is 9.59 Å². The van der Waals surface area contributed by atoms with E-state index in [1.807, 2.05) is 0 Å². The highest BCUT2D eigenvalue weighted by Gasteiger charge is 2.41. The fraction of sp³-hybridized carbons (Fsp3) is 0.417. The standard InChI is InChI=1S/C24H30Cl2N4O2/c1-23(2)12-20(30-22(32)29-19-10-6-17(26)7-11-19)13-24(3,14-23)15-27-21(31)28-18-8-4-16(25)5-9-18/h4-11,20H,12-15H2,1-3H3,(H2,27,28,31)(H2,29,30,32)/t20-,24+/m0/s1. The Morgan fingerprint density at radius 3 is 1.88 bits per heavy atom. The lowest BCUT2D eigenvalue weighted by atomic mass is 9.62. The van der Waals surface area contributed by atoms with E-state index in [4.69, 9.17) is 23.2 Å². The summed E-state index contributed by atoms with van der Waals surface area (Å²) < 4.78 is 0. The average molecular weight is 477 g/mol.